The highest BCUT2D eigenvalue weighted by atomic mass is 16.5. The Bertz CT molecular complexity index is 901. The van der Waals surface area contributed by atoms with Crippen LogP contribution in [0.5, 0.6) is 5.75 Å². The van der Waals surface area contributed by atoms with Crippen molar-refractivity contribution >= 4 is 17.7 Å². The molecule has 4 fully saturated rings. The lowest BCUT2D eigenvalue weighted by Crippen LogP contribution is -2.60. The zero-order chi connectivity index (χ0) is 23.0. The Kier molecular flexibility index (Phi) is 6.01. The summed E-state index contributed by atoms with van der Waals surface area (Å²) in [5.74, 6) is 0.692. The molecule has 3 amide bonds. The van der Waals surface area contributed by atoms with E-state index >= 15 is 0 Å². The van der Waals surface area contributed by atoms with E-state index in [9.17, 15) is 14.4 Å². The molecule has 4 aliphatic rings. The Labute approximate surface area is 193 Å². The molecule has 5 rings (SSSR count). The van der Waals surface area contributed by atoms with Gasteiger partial charge in [-0.25, -0.2) is 0 Å². The minimum absolute atomic E-state index is 0.103. The summed E-state index contributed by atoms with van der Waals surface area (Å²) >= 11 is 0. The molecule has 0 radical (unpaired) electrons. The van der Waals surface area contributed by atoms with E-state index in [1.54, 1.807) is 41.2 Å². The number of likely N-dealkylation sites (tertiary alicyclic amines) is 1. The lowest BCUT2D eigenvalue weighted by Gasteiger charge is -2.45. The van der Waals surface area contributed by atoms with Crippen molar-refractivity contribution in [3.8, 4) is 5.75 Å². The first-order chi connectivity index (χ1) is 16.0. The number of nitrogens with zero attached hydrogens (tertiary/aromatic N) is 3. The van der Waals surface area contributed by atoms with Crippen LogP contribution in [0.15, 0.2) is 24.3 Å². The van der Waals surface area contributed by atoms with Gasteiger partial charge in [-0.3, -0.25) is 19.3 Å². The molecule has 3 saturated heterocycles. The van der Waals surface area contributed by atoms with Gasteiger partial charge in [-0.1, -0.05) is 0 Å². The minimum Gasteiger partial charge on any atom is -0.497 e. The molecule has 1 aromatic rings. The van der Waals surface area contributed by atoms with Gasteiger partial charge in [0.25, 0.3) is 5.91 Å². The number of methoxy groups -OCH3 is 1. The highest BCUT2D eigenvalue weighted by Crippen LogP contribution is 2.40. The summed E-state index contributed by atoms with van der Waals surface area (Å²) in [5.41, 5.74) is -0.402. The third-order valence-corrected chi connectivity index (χ3v) is 7.21. The Morgan fingerprint density at radius 1 is 0.939 bits per heavy atom. The SMILES string of the molecule is COc1ccc(C(=O)N2C(C(=O)N3CCOCC3)COC23CCN(C(=O)C2CC2)CC3)cc1. The maximum atomic E-state index is 13.8. The number of ether oxygens (including phenoxy) is 3. The van der Waals surface area contributed by atoms with Crippen molar-refractivity contribution in [3.05, 3.63) is 29.8 Å². The van der Waals surface area contributed by atoms with Crippen molar-refractivity contribution in [3.63, 3.8) is 0 Å². The van der Waals surface area contributed by atoms with Crippen molar-refractivity contribution in [2.24, 2.45) is 5.92 Å². The van der Waals surface area contributed by atoms with Crippen molar-refractivity contribution in [2.45, 2.75) is 37.5 Å². The summed E-state index contributed by atoms with van der Waals surface area (Å²) in [5, 5.41) is 0. The molecule has 1 atom stereocenters. The number of carbonyl (C=O) groups excluding carboxylic acids is 3. The van der Waals surface area contributed by atoms with Gasteiger partial charge >= 0.3 is 0 Å². The summed E-state index contributed by atoms with van der Waals surface area (Å²) in [6.45, 7) is 3.23. The molecule has 0 bridgehead atoms. The Morgan fingerprint density at radius 3 is 2.18 bits per heavy atom. The fourth-order valence-electron chi connectivity index (χ4n) is 5.09. The van der Waals surface area contributed by atoms with E-state index in [0.29, 0.717) is 63.5 Å². The van der Waals surface area contributed by atoms with E-state index in [1.807, 2.05) is 4.90 Å². The number of rotatable bonds is 4. The topological polar surface area (TPSA) is 88.6 Å². The molecule has 0 aromatic heterocycles. The lowest BCUT2D eigenvalue weighted by molar-refractivity contribution is -0.147. The van der Waals surface area contributed by atoms with Crippen molar-refractivity contribution < 1.29 is 28.6 Å². The fourth-order valence-corrected chi connectivity index (χ4v) is 5.09. The number of morpholine rings is 1. The summed E-state index contributed by atoms with van der Waals surface area (Å²) in [6, 6.07) is 6.23. The fraction of sp³-hybridized carbons (Fsp3) is 0.625. The summed E-state index contributed by atoms with van der Waals surface area (Å²) < 4.78 is 16.9. The molecular formula is C24H31N3O6. The van der Waals surface area contributed by atoms with E-state index in [-0.39, 0.29) is 30.2 Å². The summed E-state index contributed by atoms with van der Waals surface area (Å²) in [7, 11) is 1.58. The number of amides is 3. The van der Waals surface area contributed by atoms with Gasteiger partial charge in [-0.2, -0.15) is 0 Å². The van der Waals surface area contributed by atoms with E-state index in [1.165, 1.54) is 0 Å². The lowest BCUT2D eigenvalue weighted by atomic mass is 9.96. The van der Waals surface area contributed by atoms with Gasteiger partial charge in [0.2, 0.25) is 11.8 Å². The molecule has 178 valence electrons. The van der Waals surface area contributed by atoms with Gasteiger partial charge in [0, 0.05) is 50.5 Å². The van der Waals surface area contributed by atoms with Gasteiger partial charge in [0.05, 0.1) is 26.9 Å². The molecule has 1 aliphatic carbocycles. The van der Waals surface area contributed by atoms with Crippen LogP contribution in [0.3, 0.4) is 0 Å². The zero-order valence-corrected chi connectivity index (χ0v) is 19.0. The maximum absolute atomic E-state index is 13.8. The third-order valence-electron chi connectivity index (χ3n) is 7.21. The monoisotopic (exact) mass is 457 g/mol. The molecule has 9 nitrogen and oxygen atoms in total. The number of carbonyl (C=O) groups is 3. The normalized spacial score (nSPS) is 24.8. The Balaban J connectivity index is 1.40. The van der Waals surface area contributed by atoms with Gasteiger partial charge in [-0.05, 0) is 37.1 Å². The predicted molar refractivity (Wildman–Crippen MR) is 118 cm³/mol. The Morgan fingerprint density at radius 2 is 1.58 bits per heavy atom. The molecule has 0 N–H and O–H groups in total. The average Bonchev–Trinajstić information content (AvgIpc) is 3.66. The molecule has 1 spiro atoms. The molecular weight excluding hydrogens is 426 g/mol. The van der Waals surface area contributed by atoms with E-state index in [4.69, 9.17) is 14.2 Å². The van der Waals surface area contributed by atoms with Gasteiger partial charge in [0.1, 0.15) is 17.5 Å². The van der Waals surface area contributed by atoms with Crippen LogP contribution in [-0.2, 0) is 19.1 Å². The third kappa shape index (κ3) is 4.19. The highest BCUT2D eigenvalue weighted by molar-refractivity contribution is 5.98. The largest absolute Gasteiger partial charge is 0.497 e. The smallest absolute Gasteiger partial charge is 0.256 e. The second kappa shape index (κ2) is 8.95. The highest BCUT2D eigenvalue weighted by Gasteiger charge is 2.55. The van der Waals surface area contributed by atoms with Crippen molar-refractivity contribution in [2.75, 3.05) is 53.1 Å². The second-order valence-electron chi connectivity index (χ2n) is 9.21. The molecule has 3 aliphatic heterocycles. The van der Waals surface area contributed by atoms with Crippen LogP contribution < -0.4 is 4.74 Å². The van der Waals surface area contributed by atoms with E-state index in [0.717, 1.165) is 12.8 Å². The van der Waals surface area contributed by atoms with Crippen LogP contribution in [-0.4, -0.2) is 97.3 Å². The molecule has 9 heteroatoms. The second-order valence-corrected chi connectivity index (χ2v) is 9.21. The number of hydrogen-bond donors (Lipinski definition) is 0. The predicted octanol–water partition coefficient (Wildman–Crippen LogP) is 1.12. The average molecular weight is 458 g/mol. The first-order valence-electron chi connectivity index (χ1n) is 11.8. The molecule has 1 unspecified atom stereocenters. The number of hydrogen-bond acceptors (Lipinski definition) is 6. The molecule has 1 saturated carbocycles. The molecule has 1 aromatic carbocycles. The minimum atomic E-state index is -0.885. The maximum Gasteiger partial charge on any atom is 0.256 e. The standard InChI is InChI=1S/C24H31N3O6/c1-31-19-6-4-18(5-7-19)22(29)27-20(23(30)26-12-14-32-15-13-26)16-33-24(27)8-10-25(11-9-24)21(28)17-2-3-17/h4-7,17,20H,2-3,8-16H2,1H3. The van der Waals surface area contributed by atoms with Crippen molar-refractivity contribution in [1.82, 2.24) is 14.7 Å². The first-order valence-corrected chi connectivity index (χ1v) is 11.8. The number of benzene rings is 1. The van der Waals surface area contributed by atoms with Crippen LogP contribution >= 0.6 is 0 Å². The Hall–Kier alpha value is -2.65. The van der Waals surface area contributed by atoms with Crippen molar-refractivity contribution in [1.29, 1.82) is 0 Å². The summed E-state index contributed by atoms with van der Waals surface area (Å²) in [4.78, 5) is 45.1. The first kappa shape index (κ1) is 22.2. The molecule has 3 heterocycles. The van der Waals surface area contributed by atoms with E-state index in [2.05, 4.69) is 0 Å². The van der Waals surface area contributed by atoms with Crippen LogP contribution in [0.25, 0.3) is 0 Å². The summed E-state index contributed by atoms with van der Waals surface area (Å²) in [6.07, 6.45) is 2.94. The zero-order valence-electron chi connectivity index (χ0n) is 19.0. The van der Waals surface area contributed by atoms with Gasteiger partial charge in [0.15, 0.2) is 0 Å². The van der Waals surface area contributed by atoms with Gasteiger partial charge < -0.3 is 24.0 Å². The van der Waals surface area contributed by atoms with Crippen LogP contribution in [0.4, 0.5) is 0 Å². The van der Waals surface area contributed by atoms with Gasteiger partial charge in [-0.15, -0.1) is 0 Å². The van der Waals surface area contributed by atoms with Crippen LogP contribution in [0, 0.1) is 5.92 Å². The quantitative estimate of drug-likeness (QED) is 0.674. The van der Waals surface area contributed by atoms with Crippen LogP contribution in [0.1, 0.15) is 36.0 Å². The van der Waals surface area contributed by atoms with Crippen LogP contribution in [0.2, 0.25) is 0 Å². The van der Waals surface area contributed by atoms with E-state index < -0.39 is 11.8 Å². The number of piperidine rings is 1. The molecule has 33 heavy (non-hydrogen) atoms.